The van der Waals surface area contributed by atoms with Crippen molar-refractivity contribution in [3.05, 3.63) is 29.8 Å². The molecule has 0 aliphatic heterocycles. The molecule has 0 aliphatic rings. The third kappa shape index (κ3) is 7.88. The highest BCUT2D eigenvalue weighted by molar-refractivity contribution is 5.79. The van der Waals surface area contributed by atoms with E-state index in [0.29, 0.717) is 13.2 Å². The zero-order valence-corrected chi connectivity index (χ0v) is 14.2. The maximum Gasteiger partial charge on any atom is 0.191 e. The van der Waals surface area contributed by atoms with Crippen LogP contribution >= 0.6 is 0 Å². The molecule has 0 aromatic heterocycles. The van der Waals surface area contributed by atoms with Crippen LogP contribution in [0.3, 0.4) is 0 Å². The Bertz CT molecular complexity index is 432. The first kappa shape index (κ1) is 18.3. The zero-order chi connectivity index (χ0) is 16.2. The molecular formula is C17H29N3O2. The second kappa shape index (κ2) is 10.9. The Morgan fingerprint density at radius 1 is 1.18 bits per heavy atom. The van der Waals surface area contributed by atoms with E-state index in [2.05, 4.69) is 22.5 Å². The van der Waals surface area contributed by atoms with Crippen molar-refractivity contribution in [3.8, 4) is 5.75 Å². The summed E-state index contributed by atoms with van der Waals surface area (Å²) in [6.07, 6.45) is 0.0186. The number of ether oxygens (including phenoxy) is 2. The summed E-state index contributed by atoms with van der Waals surface area (Å²) in [6.45, 7) is 11.7. The monoisotopic (exact) mass is 307 g/mol. The van der Waals surface area contributed by atoms with Crippen molar-refractivity contribution >= 4 is 5.96 Å². The topological polar surface area (TPSA) is 54.9 Å². The van der Waals surface area contributed by atoms with Gasteiger partial charge < -0.3 is 20.1 Å². The first-order chi connectivity index (χ1) is 10.7. The summed E-state index contributed by atoms with van der Waals surface area (Å²) in [6, 6.07) is 8.07. The molecule has 124 valence electrons. The van der Waals surface area contributed by atoms with Crippen LogP contribution in [-0.2, 0) is 4.74 Å². The number of hydrogen-bond acceptors (Lipinski definition) is 3. The summed E-state index contributed by atoms with van der Waals surface area (Å²) in [5.74, 6) is 1.67. The van der Waals surface area contributed by atoms with Gasteiger partial charge in [-0.1, -0.05) is 17.7 Å². The molecule has 1 aromatic rings. The SMILES string of the molecule is CCNC(=NCC(C)Oc1ccc(C)cc1)NCCOCC. The van der Waals surface area contributed by atoms with Crippen LogP contribution in [0.2, 0.25) is 0 Å². The van der Waals surface area contributed by atoms with Crippen LogP contribution in [0, 0.1) is 6.92 Å². The van der Waals surface area contributed by atoms with Gasteiger partial charge in [0.1, 0.15) is 11.9 Å². The largest absolute Gasteiger partial charge is 0.489 e. The van der Waals surface area contributed by atoms with Crippen LogP contribution in [0.25, 0.3) is 0 Å². The lowest BCUT2D eigenvalue weighted by Gasteiger charge is -2.15. The van der Waals surface area contributed by atoms with Crippen LogP contribution < -0.4 is 15.4 Å². The van der Waals surface area contributed by atoms with Gasteiger partial charge in [-0.3, -0.25) is 0 Å². The molecule has 0 fully saturated rings. The van der Waals surface area contributed by atoms with E-state index in [-0.39, 0.29) is 6.10 Å². The average Bonchev–Trinajstić information content (AvgIpc) is 2.51. The molecule has 1 aromatic carbocycles. The quantitative estimate of drug-likeness (QED) is 0.418. The molecule has 0 radical (unpaired) electrons. The number of hydrogen-bond donors (Lipinski definition) is 2. The van der Waals surface area contributed by atoms with E-state index >= 15 is 0 Å². The van der Waals surface area contributed by atoms with Gasteiger partial charge in [-0.25, -0.2) is 4.99 Å². The highest BCUT2D eigenvalue weighted by Crippen LogP contribution is 2.13. The van der Waals surface area contributed by atoms with Crippen LogP contribution in [0.4, 0.5) is 0 Å². The van der Waals surface area contributed by atoms with E-state index in [9.17, 15) is 0 Å². The maximum atomic E-state index is 5.85. The van der Waals surface area contributed by atoms with Gasteiger partial charge in [0.15, 0.2) is 5.96 Å². The van der Waals surface area contributed by atoms with E-state index in [4.69, 9.17) is 9.47 Å². The van der Waals surface area contributed by atoms with Crippen molar-refractivity contribution in [2.24, 2.45) is 4.99 Å². The summed E-state index contributed by atoms with van der Waals surface area (Å²) < 4.78 is 11.2. The standard InChI is InChI=1S/C17H29N3O2/c1-5-18-17(19-11-12-21-6-2)20-13-15(4)22-16-9-7-14(3)8-10-16/h7-10,15H,5-6,11-13H2,1-4H3,(H2,18,19,20). The van der Waals surface area contributed by atoms with Crippen molar-refractivity contribution in [2.45, 2.75) is 33.8 Å². The number of aryl methyl sites for hydroxylation is 1. The summed E-state index contributed by atoms with van der Waals surface area (Å²) in [4.78, 5) is 4.54. The zero-order valence-electron chi connectivity index (χ0n) is 14.2. The minimum absolute atomic E-state index is 0.0186. The molecular weight excluding hydrogens is 278 g/mol. The molecule has 0 saturated heterocycles. The van der Waals surface area contributed by atoms with E-state index in [1.165, 1.54) is 5.56 Å². The molecule has 0 amide bonds. The molecule has 5 nitrogen and oxygen atoms in total. The molecule has 1 unspecified atom stereocenters. The molecule has 0 bridgehead atoms. The van der Waals surface area contributed by atoms with Gasteiger partial charge >= 0.3 is 0 Å². The third-order valence-electron chi connectivity index (χ3n) is 2.95. The van der Waals surface area contributed by atoms with Gasteiger partial charge in [0.05, 0.1) is 13.2 Å². The molecule has 2 N–H and O–H groups in total. The van der Waals surface area contributed by atoms with Crippen molar-refractivity contribution in [1.82, 2.24) is 10.6 Å². The summed E-state index contributed by atoms with van der Waals surface area (Å²) in [7, 11) is 0. The van der Waals surface area contributed by atoms with Gasteiger partial charge in [0.2, 0.25) is 0 Å². The van der Waals surface area contributed by atoms with Crippen LogP contribution in [0.15, 0.2) is 29.3 Å². The van der Waals surface area contributed by atoms with Crippen LogP contribution in [0.1, 0.15) is 26.3 Å². The first-order valence-corrected chi connectivity index (χ1v) is 7.99. The van der Waals surface area contributed by atoms with E-state index in [0.717, 1.165) is 31.4 Å². The summed E-state index contributed by atoms with van der Waals surface area (Å²) in [5, 5.41) is 6.45. The van der Waals surface area contributed by atoms with E-state index in [1.807, 2.05) is 45.0 Å². The third-order valence-corrected chi connectivity index (χ3v) is 2.95. The lowest BCUT2D eigenvalue weighted by molar-refractivity contribution is 0.152. The Hall–Kier alpha value is -1.75. The number of benzene rings is 1. The molecule has 1 atom stereocenters. The summed E-state index contributed by atoms with van der Waals surface area (Å²) >= 11 is 0. The van der Waals surface area contributed by atoms with Gasteiger partial charge in [-0.05, 0) is 39.8 Å². The number of nitrogens with zero attached hydrogens (tertiary/aromatic N) is 1. The summed E-state index contributed by atoms with van der Waals surface area (Å²) in [5.41, 5.74) is 1.23. The maximum absolute atomic E-state index is 5.85. The predicted octanol–water partition coefficient (Wildman–Crippen LogP) is 2.35. The number of aliphatic imine (C=N–C) groups is 1. The lowest BCUT2D eigenvalue weighted by atomic mass is 10.2. The smallest absolute Gasteiger partial charge is 0.191 e. The van der Waals surface area contributed by atoms with E-state index in [1.54, 1.807) is 0 Å². The van der Waals surface area contributed by atoms with Crippen molar-refractivity contribution in [1.29, 1.82) is 0 Å². The predicted molar refractivity (Wildman–Crippen MR) is 91.7 cm³/mol. The first-order valence-electron chi connectivity index (χ1n) is 7.99. The van der Waals surface area contributed by atoms with Gasteiger partial charge in [-0.15, -0.1) is 0 Å². The Labute approximate surface area is 134 Å². The molecule has 0 spiro atoms. The number of rotatable bonds is 9. The van der Waals surface area contributed by atoms with Crippen molar-refractivity contribution in [3.63, 3.8) is 0 Å². The second-order valence-corrected chi connectivity index (χ2v) is 5.08. The van der Waals surface area contributed by atoms with Crippen molar-refractivity contribution < 1.29 is 9.47 Å². The molecule has 22 heavy (non-hydrogen) atoms. The molecule has 0 heterocycles. The number of guanidine groups is 1. The highest BCUT2D eigenvalue weighted by atomic mass is 16.5. The molecule has 5 heteroatoms. The van der Waals surface area contributed by atoms with E-state index < -0.39 is 0 Å². The second-order valence-electron chi connectivity index (χ2n) is 5.08. The van der Waals surface area contributed by atoms with Crippen LogP contribution in [0.5, 0.6) is 5.75 Å². The lowest BCUT2D eigenvalue weighted by Crippen LogP contribution is -2.39. The Morgan fingerprint density at radius 3 is 2.55 bits per heavy atom. The number of nitrogens with one attached hydrogen (secondary N) is 2. The minimum atomic E-state index is 0.0186. The van der Waals surface area contributed by atoms with Gasteiger partial charge in [0, 0.05) is 19.7 Å². The van der Waals surface area contributed by atoms with Crippen LogP contribution in [-0.4, -0.2) is 44.9 Å². The average molecular weight is 307 g/mol. The fraction of sp³-hybridized carbons (Fsp3) is 0.588. The fourth-order valence-corrected chi connectivity index (χ4v) is 1.83. The molecule has 0 saturated carbocycles. The fourth-order valence-electron chi connectivity index (χ4n) is 1.83. The highest BCUT2D eigenvalue weighted by Gasteiger charge is 2.04. The molecule has 1 rings (SSSR count). The minimum Gasteiger partial charge on any atom is -0.489 e. The molecule has 0 aliphatic carbocycles. The Balaban J connectivity index is 2.41. The van der Waals surface area contributed by atoms with Crippen molar-refractivity contribution in [2.75, 3.05) is 32.8 Å². The van der Waals surface area contributed by atoms with Gasteiger partial charge in [0.25, 0.3) is 0 Å². The normalized spacial score (nSPS) is 12.8. The van der Waals surface area contributed by atoms with Gasteiger partial charge in [-0.2, -0.15) is 0 Å². The Kier molecular flexibility index (Phi) is 9.07. The Morgan fingerprint density at radius 2 is 1.91 bits per heavy atom.